The molecule has 2 saturated carbocycles. The lowest BCUT2D eigenvalue weighted by Crippen LogP contribution is -2.71. The highest BCUT2D eigenvalue weighted by atomic mass is 16.5. The summed E-state index contributed by atoms with van der Waals surface area (Å²) in [5.41, 5.74) is -1.66. The molecular weight excluding hydrogens is 360 g/mol. The first-order valence-corrected chi connectivity index (χ1v) is 10.1. The van der Waals surface area contributed by atoms with Gasteiger partial charge in [-0.1, -0.05) is 27.7 Å². The van der Waals surface area contributed by atoms with E-state index in [1.165, 1.54) is 6.92 Å². The molecule has 1 heterocycles. The zero-order valence-electron chi connectivity index (χ0n) is 17.4. The van der Waals surface area contributed by atoms with Crippen LogP contribution >= 0.6 is 0 Å². The Kier molecular flexibility index (Phi) is 5.26. The van der Waals surface area contributed by atoms with Crippen LogP contribution in [-0.4, -0.2) is 39.8 Å². The molecule has 3 rings (SSSR count). The number of hydrogen-bond donors (Lipinski definition) is 2. The molecule has 28 heavy (non-hydrogen) atoms. The Morgan fingerprint density at radius 2 is 2.04 bits per heavy atom. The molecule has 1 unspecified atom stereocenters. The minimum Gasteiger partial charge on any atom is -0.472 e. The minimum atomic E-state index is -1.27. The van der Waals surface area contributed by atoms with Crippen LogP contribution in [0.15, 0.2) is 23.0 Å². The number of rotatable bonds is 4. The summed E-state index contributed by atoms with van der Waals surface area (Å²) < 4.78 is 10.7. The van der Waals surface area contributed by atoms with Crippen molar-refractivity contribution >= 4 is 11.8 Å². The molecule has 0 saturated heterocycles. The van der Waals surface area contributed by atoms with Gasteiger partial charge < -0.3 is 19.4 Å². The second-order valence-electron chi connectivity index (χ2n) is 9.48. The maximum absolute atomic E-state index is 13.0. The molecule has 0 aliphatic heterocycles. The van der Waals surface area contributed by atoms with Crippen LogP contribution in [0.5, 0.6) is 0 Å². The second kappa shape index (κ2) is 6.99. The maximum Gasteiger partial charge on any atom is 0.302 e. The lowest BCUT2D eigenvalue weighted by atomic mass is 9.42. The van der Waals surface area contributed by atoms with E-state index >= 15 is 0 Å². The molecule has 6 heteroatoms. The number of fused-ring (bicyclic) bond motifs is 1. The van der Waals surface area contributed by atoms with E-state index in [1.807, 2.05) is 26.8 Å². The Hall–Kier alpha value is -1.66. The average molecular weight is 392 g/mol. The van der Waals surface area contributed by atoms with E-state index in [0.29, 0.717) is 25.7 Å². The Labute approximate surface area is 166 Å². The van der Waals surface area contributed by atoms with Crippen molar-refractivity contribution < 1.29 is 29.0 Å². The van der Waals surface area contributed by atoms with Crippen LogP contribution in [-0.2, 0) is 20.7 Å². The molecule has 2 aliphatic rings. The van der Waals surface area contributed by atoms with Crippen LogP contribution in [0.4, 0.5) is 0 Å². The standard InChI is InChI=1S/C22H32O6/c1-13-17(24)18(25)19-20(3,4)16(28-14(2)23)7-9-21(19,5)22(13,26)10-6-15-8-11-27-12-15/h8,11-13,16,18-19,25-26H,6-7,9-10H2,1-5H3/t13?,16-,18-,19-,21-,22+/m1/s1. The number of ether oxygens (including phenoxy) is 1. The fourth-order valence-corrected chi connectivity index (χ4v) is 6.05. The highest BCUT2D eigenvalue weighted by Gasteiger charge is 2.69. The van der Waals surface area contributed by atoms with Crippen molar-refractivity contribution in [2.45, 2.75) is 78.1 Å². The van der Waals surface area contributed by atoms with Gasteiger partial charge in [0.2, 0.25) is 0 Å². The fraction of sp³-hybridized carbons (Fsp3) is 0.727. The first kappa shape index (κ1) is 21.1. The molecule has 6 nitrogen and oxygen atoms in total. The summed E-state index contributed by atoms with van der Waals surface area (Å²) >= 11 is 0. The van der Waals surface area contributed by atoms with Gasteiger partial charge in [-0.2, -0.15) is 0 Å². The summed E-state index contributed by atoms with van der Waals surface area (Å²) in [6.07, 6.45) is 3.77. The molecule has 2 aliphatic carbocycles. The van der Waals surface area contributed by atoms with Gasteiger partial charge in [-0.05, 0) is 37.3 Å². The van der Waals surface area contributed by atoms with Crippen molar-refractivity contribution in [2.75, 3.05) is 0 Å². The van der Waals surface area contributed by atoms with Crippen molar-refractivity contribution in [3.05, 3.63) is 24.2 Å². The third-order valence-corrected chi connectivity index (χ3v) is 7.67. The average Bonchev–Trinajstić information content (AvgIpc) is 3.12. The Bertz CT molecular complexity index is 738. The van der Waals surface area contributed by atoms with Crippen LogP contribution in [0.1, 0.15) is 59.4 Å². The van der Waals surface area contributed by atoms with Gasteiger partial charge in [0.05, 0.1) is 18.1 Å². The van der Waals surface area contributed by atoms with Crippen LogP contribution in [0.25, 0.3) is 0 Å². The largest absolute Gasteiger partial charge is 0.472 e. The highest BCUT2D eigenvalue weighted by Crippen LogP contribution is 2.63. The first-order chi connectivity index (χ1) is 12.9. The summed E-state index contributed by atoms with van der Waals surface area (Å²) in [6.45, 7) is 8.91. The molecule has 0 radical (unpaired) electrons. The van der Waals surface area contributed by atoms with Crippen LogP contribution in [0.3, 0.4) is 0 Å². The first-order valence-electron chi connectivity index (χ1n) is 10.1. The van der Waals surface area contributed by atoms with Gasteiger partial charge in [-0.25, -0.2) is 0 Å². The van der Waals surface area contributed by atoms with Crippen molar-refractivity contribution in [3.8, 4) is 0 Å². The zero-order valence-corrected chi connectivity index (χ0v) is 17.4. The number of furan rings is 1. The number of carbonyl (C=O) groups is 2. The molecule has 1 aromatic rings. The number of carbonyl (C=O) groups excluding carboxylic acids is 2. The number of aliphatic hydroxyl groups excluding tert-OH is 1. The Balaban J connectivity index is 2.00. The van der Waals surface area contributed by atoms with Gasteiger partial charge in [-0.15, -0.1) is 0 Å². The molecule has 1 aromatic heterocycles. The van der Waals surface area contributed by atoms with E-state index in [9.17, 15) is 19.8 Å². The molecule has 0 spiro atoms. The third kappa shape index (κ3) is 3.01. The SMILES string of the molecule is CC(=O)O[C@@H]1CC[C@]2(C)[C@H]([C@H](O)C(=O)C(C)[C@@]2(O)CCc2ccoc2)C1(C)C. The smallest absolute Gasteiger partial charge is 0.302 e. The Morgan fingerprint density at radius 3 is 2.61 bits per heavy atom. The van der Waals surface area contributed by atoms with Crippen molar-refractivity contribution in [3.63, 3.8) is 0 Å². The normalized spacial score (nSPS) is 40.0. The van der Waals surface area contributed by atoms with Gasteiger partial charge in [0.15, 0.2) is 5.78 Å². The number of aryl methyl sites for hydroxylation is 1. The zero-order chi connectivity index (χ0) is 20.9. The van der Waals surface area contributed by atoms with Gasteiger partial charge >= 0.3 is 5.97 Å². The number of esters is 1. The molecule has 156 valence electrons. The predicted molar refractivity (Wildman–Crippen MR) is 102 cm³/mol. The number of hydrogen-bond acceptors (Lipinski definition) is 6. The number of aliphatic hydroxyl groups is 2. The molecule has 6 atom stereocenters. The van der Waals surface area contributed by atoms with E-state index in [2.05, 4.69) is 0 Å². The molecule has 2 N–H and O–H groups in total. The Morgan fingerprint density at radius 1 is 1.36 bits per heavy atom. The number of ketones is 1. The van der Waals surface area contributed by atoms with E-state index in [4.69, 9.17) is 9.15 Å². The highest BCUT2D eigenvalue weighted by molar-refractivity contribution is 5.88. The topological polar surface area (TPSA) is 97.0 Å². The summed E-state index contributed by atoms with van der Waals surface area (Å²) in [5, 5.41) is 22.9. The van der Waals surface area contributed by atoms with E-state index in [1.54, 1.807) is 19.5 Å². The second-order valence-corrected chi connectivity index (χ2v) is 9.48. The van der Waals surface area contributed by atoms with Gasteiger partial charge in [0.25, 0.3) is 0 Å². The van der Waals surface area contributed by atoms with Crippen molar-refractivity contribution in [2.24, 2.45) is 22.7 Å². The summed E-state index contributed by atoms with van der Waals surface area (Å²) in [7, 11) is 0. The predicted octanol–water partition coefficient (Wildman–Crippen LogP) is 2.90. The van der Waals surface area contributed by atoms with Crippen LogP contribution < -0.4 is 0 Å². The minimum absolute atomic E-state index is 0.339. The van der Waals surface area contributed by atoms with E-state index in [-0.39, 0.29) is 11.8 Å². The lowest BCUT2D eigenvalue weighted by molar-refractivity contribution is -0.252. The monoisotopic (exact) mass is 392 g/mol. The van der Waals surface area contributed by atoms with E-state index < -0.39 is 40.5 Å². The molecular formula is C22H32O6. The fourth-order valence-electron chi connectivity index (χ4n) is 6.05. The quantitative estimate of drug-likeness (QED) is 0.765. The third-order valence-electron chi connectivity index (χ3n) is 7.67. The molecule has 2 fully saturated rings. The lowest BCUT2D eigenvalue weighted by Gasteiger charge is -2.64. The maximum atomic E-state index is 13.0. The summed E-state index contributed by atoms with van der Waals surface area (Å²) in [5.74, 6) is -1.91. The van der Waals surface area contributed by atoms with Crippen molar-refractivity contribution in [1.29, 1.82) is 0 Å². The van der Waals surface area contributed by atoms with Crippen molar-refractivity contribution in [1.82, 2.24) is 0 Å². The van der Waals surface area contributed by atoms with E-state index in [0.717, 1.165) is 5.56 Å². The van der Waals surface area contributed by atoms with Gasteiger partial charge in [0, 0.05) is 29.6 Å². The van der Waals surface area contributed by atoms with Crippen LogP contribution in [0.2, 0.25) is 0 Å². The molecule has 0 aromatic carbocycles. The van der Waals surface area contributed by atoms with Crippen LogP contribution in [0, 0.1) is 22.7 Å². The van der Waals surface area contributed by atoms with Gasteiger partial charge in [-0.3, -0.25) is 9.59 Å². The number of Topliss-reactive ketones (excluding diaryl/α,β-unsaturated/α-hetero) is 1. The summed E-state index contributed by atoms with van der Waals surface area (Å²) in [4.78, 5) is 24.6. The van der Waals surface area contributed by atoms with Gasteiger partial charge in [0.1, 0.15) is 12.2 Å². The molecule has 0 bridgehead atoms. The molecule has 0 amide bonds. The summed E-state index contributed by atoms with van der Waals surface area (Å²) in [6, 6.07) is 1.86.